The van der Waals surface area contributed by atoms with Gasteiger partial charge in [0.2, 0.25) is 0 Å². The van der Waals surface area contributed by atoms with E-state index in [0.717, 1.165) is 23.6 Å². The lowest BCUT2D eigenvalue weighted by Gasteiger charge is -2.30. The summed E-state index contributed by atoms with van der Waals surface area (Å²) in [5.41, 5.74) is 1.29. The number of nitro benzene ring substituents is 1. The molecule has 0 radical (unpaired) electrons. The maximum atomic E-state index is 13.0. The van der Waals surface area contributed by atoms with E-state index in [1.807, 2.05) is 30.3 Å². The fourth-order valence-electron chi connectivity index (χ4n) is 3.05. The Bertz CT molecular complexity index is 745. The number of carbonyl (C=O) groups is 1. The van der Waals surface area contributed by atoms with Gasteiger partial charge in [0.1, 0.15) is 13.1 Å². The van der Waals surface area contributed by atoms with E-state index in [1.165, 1.54) is 12.1 Å². The molecule has 1 atom stereocenters. The van der Waals surface area contributed by atoms with Crippen LogP contribution in [0.3, 0.4) is 0 Å². The van der Waals surface area contributed by atoms with Gasteiger partial charge in [-0.15, -0.1) is 0 Å². The molecule has 0 unspecified atom stereocenters. The van der Waals surface area contributed by atoms with Crippen LogP contribution in [0.15, 0.2) is 54.6 Å². The summed E-state index contributed by atoms with van der Waals surface area (Å²) in [6.07, 6.45) is 0. The largest absolute Gasteiger partial charge is 0.370 e. The average molecular weight is 342 g/mol. The first-order valence-corrected chi connectivity index (χ1v) is 8.18. The number of carbonyl (C=O) groups excluding carboxylic acids is 1. The zero-order chi connectivity index (χ0) is 17.6. The number of rotatable bonds is 5. The molecule has 25 heavy (non-hydrogen) atoms. The molecule has 2 aromatic rings. The van der Waals surface area contributed by atoms with Gasteiger partial charge in [-0.05, 0) is 6.07 Å². The fourth-order valence-corrected chi connectivity index (χ4v) is 3.05. The molecule has 2 aromatic carbocycles. The van der Waals surface area contributed by atoms with Crippen LogP contribution in [0.2, 0.25) is 0 Å². The number of benzene rings is 2. The number of morpholine rings is 1. The van der Waals surface area contributed by atoms with Gasteiger partial charge in [-0.1, -0.05) is 36.4 Å². The monoisotopic (exact) mass is 342 g/mol. The Labute approximate surface area is 145 Å². The minimum atomic E-state index is -0.475. The Morgan fingerprint density at radius 1 is 1.12 bits per heavy atom. The fraction of sp³-hybridized carbons (Fsp3) is 0.278. The number of anilines is 1. The van der Waals surface area contributed by atoms with Gasteiger partial charge in [-0.3, -0.25) is 14.9 Å². The Balaban J connectivity index is 1.84. The number of hydrogen-bond acceptors (Lipinski definition) is 4. The molecule has 1 aliphatic rings. The van der Waals surface area contributed by atoms with Crippen molar-refractivity contribution in [2.45, 2.75) is 6.04 Å². The number of amides is 1. The molecule has 7 nitrogen and oxygen atoms in total. The number of nitrogens with zero attached hydrogens (tertiary/aromatic N) is 1. The summed E-state index contributed by atoms with van der Waals surface area (Å²) in [4.78, 5) is 24.5. The highest BCUT2D eigenvalue weighted by Crippen LogP contribution is 2.19. The number of nitro groups is 1. The molecule has 1 saturated heterocycles. The smallest absolute Gasteiger partial charge is 0.287 e. The molecule has 0 bridgehead atoms. The first-order chi connectivity index (χ1) is 12.1. The molecule has 1 aliphatic heterocycles. The van der Waals surface area contributed by atoms with Crippen molar-refractivity contribution in [3.63, 3.8) is 0 Å². The molecule has 3 rings (SSSR count). The summed E-state index contributed by atoms with van der Waals surface area (Å²) < 4.78 is 5.40. The van der Waals surface area contributed by atoms with E-state index < -0.39 is 4.92 Å². The summed E-state index contributed by atoms with van der Waals surface area (Å²) in [7, 11) is 0. The van der Waals surface area contributed by atoms with Gasteiger partial charge < -0.3 is 15.0 Å². The van der Waals surface area contributed by atoms with Crippen molar-refractivity contribution in [3.05, 3.63) is 70.3 Å². The van der Waals surface area contributed by atoms with E-state index in [0.29, 0.717) is 18.9 Å². The summed E-state index contributed by atoms with van der Waals surface area (Å²) in [6.45, 7) is 2.70. The SMILES string of the molecule is O=C(Nc1cccc([N+](=O)[O-])c1)[C@@H](c1ccccc1)[NH+]1CCOCC1. The van der Waals surface area contributed by atoms with Gasteiger partial charge >= 0.3 is 0 Å². The Morgan fingerprint density at radius 2 is 1.84 bits per heavy atom. The van der Waals surface area contributed by atoms with Crippen molar-refractivity contribution >= 4 is 17.3 Å². The van der Waals surface area contributed by atoms with Gasteiger partial charge in [0, 0.05) is 23.4 Å². The van der Waals surface area contributed by atoms with E-state index in [9.17, 15) is 14.9 Å². The second-order valence-corrected chi connectivity index (χ2v) is 5.91. The number of nitrogens with one attached hydrogen (secondary N) is 2. The van der Waals surface area contributed by atoms with Crippen LogP contribution in [0, 0.1) is 10.1 Å². The lowest BCUT2D eigenvalue weighted by molar-refractivity contribution is -0.929. The van der Waals surface area contributed by atoms with E-state index >= 15 is 0 Å². The van der Waals surface area contributed by atoms with Crippen molar-refractivity contribution in [2.24, 2.45) is 0 Å². The summed E-state index contributed by atoms with van der Waals surface area (Å²) in [5, 5.41) is 13.7. The number of hydrogen-bond donors (Lipinski definition) is 2. The molecular weight excluding hydrogens is 322 g/mol. The quantitative estimate of drug-likeness (QED) is 0.631. The normalized spacial score (nSPS) is 16.2. The van der Waals surface area contributed by atoms with Crippen LogP contribution < -0.4 is 10.2 Å². The molecule has 0 aliphatic carbocycles. The topological polar surface area (TPSA) is 85.9 Å². The van der Waals surface area contributed by atoms with E-state index in [2.05, 4.69) is 5.32 Å². The molecule has 1 heterocycles. The molecule has 0 aromatic heterocycles. The number of ether oxygens (including phenoxy) is 1. The highest BCUT2D eigenvalue weighted by Gasteiger charge is 2.33. The first kappa shape index (κ1) is 17.1. The van der Waals surface area contributed by atoms with Crippen LogP contribution >= 0.6 is 0 Å². The maximum absolute atomic E-state index is 13.0. The molecular formula is C18H20N3O4+. The number of non-ortho nitro benzene ring substituents is 1. The van der Waals surface area contributed by atoms with Gasteiger partial charge in [-0.2, -0.15) is 0 Å². The molecule has 1 amide bonds. The summed E-state index contributed by atoms with van der Waals surface area (Å²) in [6, 6.07) is 15.2. The van der Waals surface area contributed by atoms with Gasteiger partial charge in [-0.25, -0.2) is 0 Å². The number of quaternary nitrogens is 1. The molecule has 7 heteroatoms. The molecule has 2 N–H and O–H groups in total. The van der Waals surface area contributed by atoms with Crippen LogP contribution in [0.25, 0.3) is 0 Å². The lowest BCUT2D eigenvalue weighted by Crippen LogP contribution is -3.15. The third kappa shape index (κ3) is 4.20. The third-order valence-electron chi connectivity index (χ3n) is 4.26. The third-order valence-corrected chi connectivity index (χ3v) is 4.26. The highest BCUT2D eigenvalue weighted by atomic mass is 16.6. The van der Waals surface area contributed by atoms with Crippen LogP contribution in [-0.2, 0) is 9.53 Å². The highest BCUT2D eigenvalue weighted by molar-refractivity contribution is 5.94. The van der Waals surface area contributed by atoms with Crippen LogP contribution in [0.1, 0.15) is 11.6 Å². The molecule has 0 spiro atoms. The molecule has 130 valence electrons. The average Bonchev–Trinajstić information content (AvgIpc) is 2.64. The zero-order valence-corrected chi connectivity index (χ0v) is 13.7. The zero-order valence-electron chi connectivity index (χ0n) is 13.7. The minimum Gasteiger partial charge on any atom is -0.370 e. The Morgan fingerprint density at radius 3 is 2.52 bits per heavy atom. The predicted molar refractivity (Wildman–Crippen MR) is 92.4 cm³/mol. The lowest BCUT2D eigenvalue weighted by atomic mass is 10.0. The van der Waals surface area contributed by atoms with Crippen molar-refractivity contribution in [2.75, 3.05) is 31.6 Å². The minimum absolute atomic E-state index is 0.0484. The van der Waals surface area contributed by atoms with Crippen molar-refractivity contribution in [1.82, 2.24) is 0 Å². The van der Waals surface area contributed by atoms with Crippen molar-refractivity contribution in [3.8, 4) is 0 Å². The predicted octanol–water partition coefficient (Wildman–Crippen LogP) is 1.19. The van der Waals surface area contributed by atoms with E-state index in [1.54, 1.807) is 12.1 Å². The molecule has 0 saturated carbocycles. The van der Waals surface area contributed by atoms with Gasteiger partial charge in [0.15, 0.2) is 6.04 Å². The Hall–Kier alpha value is -2.77. The standard InChI is InChI=1S/C18H19N3O4/c22-18(19-15-7-4-8-16(13-15)21(23)24)17(14-5-2-1-3-6-14)20-9-11-25-12-10-20/h1-8,13,17H,9-12H2,(H,19,22)/p+1/t17-/m1/s1. The van der Waals surface area contributed by atoms with E-state index in [4.69, 9.17) is 4.74 Å². The van der Waals surface area contributed by atoms with E-state index in [-0.39, 0.29) is 17.6 Å². The Kier molecular flexibility index (Phi) is 5.37. The summed E-state index contributed by atoms with van der Waals surface area (Å²) >= 11 is 0. The second-order valence-electron chi connectivity index (χ2n) is 5.91. The van der Waals surface area contributed by atoms with Gasteiger partial charge in [0.25, 0.3) is 11.6 Å². The van der Waals surface area contributed by atoms with Crippen LogP contribution in [0.4, 0.5) is 11.4 Å². The first-order valence-electron chi connectivity index (χ1n) is 8.18. The van der Waals surface area contributed by atoms with Crippen LogP contribution in [0.5, 0.6) is 0 Å². The van der Waals surface area contributed by atoms with Gasteiger partial charge in [0.05, 0.1) is 18.1 Å². The molecule has 1 fully saturated rings. The van der Waals surface area contributed by atoms with Crippen molar-refractivity contribution < 1.29 is 19.4 Å². The van der Waals surface area contributed by atoms with Crippen molar-refractivity contribution in [1.29, 1.82) is 0 Å². The maximum Gasteiger partial charge on any atom is 0.287 e. The summed E-state index contributed by atoms with van der Waals surface area (Å²) in [5.74, 6) is -0.177. The van der Waals surface area contributed by atoms with Crippen LogP contribution in [-0.4, -0.2) is 37.1 Å². The second kappa shape index (κ2) is 7.87.